The lowest BCUT2D eigenvalue weighted by atomic mass is 10.1. The van der Waals surface area contributed by atoms with Crippen LogP contribution >= 0.6 is 0 Å². The first kappa shape index (κ1) is 25.7. The molecular formula is C24H33N3O6S. The van der Waals surface area contributed by atoms with Gasteiger partial charge in [0.2, 0.25) is 0 Å². The van der Waals surface area contributed by atoms with Crippen LogP contribution in [0.15, 0.2) is 29.3 Å². The van der Waals surface area contributed by atoms with Crippen LogP contribution in [0.1, 0.15) is 58.7 Å². The monoisotopic (exact) mass is 491 g/mol. The summed E-state index contributed by atoms with van der Waals surface area (Å²) in [4.78, 5) is 24.0. The number of ketones is 1. The van der Waals surface area contributed by atoms with E-state index in [0.717, 1.165) is 0 Å². The number of sulfonamides is 1. The number of nitrogens with zero attached hydrogens (tertiary/aromatic N) is 3. The highest BCUT2D eigenvalue weighted by Crippen LogP contribution is 2.39. The van der Waals surface area contributed by atoms with Crippen LogP contribution in [0.3, 0.4) is 0 Å². The van der Waals surface area contributed by atoms with Gasteiger partial charge in [0.05, 0.1) is 24.3 Å². The van der Waals surface area contributed by atoms with Crippen molar-refractivity contribution >= 4 is 27.5 Å². The Morgan fingerprint density at radius 2 is 1.97 bits per heavy atom. The largest absolute Gasteiger partial charge is 0.486 e. The zero-order valence-electron chi connectivity index (χ0n) is 20.6. The summed E-state index contributed by atoms with van der Waals surface area (Å²) in [6, 6.07) is 5.04. The van der Waals surface area contributed by atoms with Crippen molar-refractivity contribution in [3.05, 3.63) is 35.7 Å². The summed E-state index contributed by atoms with van der Waals surface area (Å²) in [5.41, 5.74) is 0.744. The molecule has 10 heteroatoms. The van der Waals surface area contributed by atoms with Crippen molar-refractivity contribution in [1.82, 2.24) is 9.78 Å². The fourth-order valence-electron chi connectivity index (χ4n) is 3.79. The summed E-state index contributed by atoms with van der Waals surface area (Å²) < 4.78 is 41.9. The summed E-state index contributed by atoms with van der Waals surface area (Å²) in [5, 5.41) is 4.29. The van der Waals surface area contributed by atoms with Crippen molar-refractivity contribution in [1.29, 1.82) is 0 Å². The van der Waals surface area contributed by atoms with Crippen LogP contribution in [-0.4, -0.2) is 48.2 Å². The Bertz CT molecular complexity index is 1180. The van der Waals surface area contributed by atoms with Crippen LogP contribution < -0.4 is 9.04 Å². The average molecular weight is 492 g/mol. The molecule has 186 valence electrons. The maximum atomic E-state index is 13.8. The van der Waals surface area contributed by atoms with Gasteiger partial charge in [0, 0.05) is 19.2 Å². The van der Waals surface area contributed by atoms with E-state index in [2.05, 4.69) is 5.10 Å². The molecule has 1 aliphatic rings. The van der Waals surface area contributed by atoms with Crippen molar-refractivity contribution in [2.24, 2.45) is 0 Å². The second-order valence-electron chi connectivity index (χ2n) is 9.52. The van der Waals surface area contributed by atoms with Gasteiger partial charge in [0.1, 0.15) is 28.1 Å². The van der Waals surface area contributed by atoms with E-state index in [1.165, 1.54) is 17.4 Å². The minimum Gasteiger partial charge on any atom is -0.486 e. The number of hydrogen-bond donors (Lipinski definition) is 0. The normalized spacial score (nSPS) is 16.1. The van der Waals surface area contributed by atoms with Crippen molar-refractivity contribution in [3.63, 3.8) is 0 Å². The smallest absolute Gasteiger partial charge is 0.310 e. The summed E-state index contributed by atoms with van der Waals surface area (Å²) in [6.07, 6.45) is 1.73. The van der Waals surface area contributed by atoms with E-state index in [0.29, 0.717) is 35.7 Å². The summed E-state index contributed by atoms with van der Waals surface area (Å²) in [6.45, 7) is 11.0. The van der Waals surface area contributed by atoms with Crippen LogP contribution in [-0.2, 0) is 37.3 Å². The number of esters is 1. The molecule has 1 atom stereocenters. The molecule has 1 aromatic heterocycles. The van der Waals surface area contributed by atoms with Crippen LogP contribution in [0.5, 0.6) is 5.75 Å². The number of aromatic nitrogens is 2. The second kappa shape index (κ2) is 9.77. The SMILES string of the molecule is CCn1cc(S(=O)(=O)N2C[C@H](CCC(C)=O)Oc3ccc(CC(=O)OC(C)(C)C)cc32)c(C)n1. The van der Waals surface area contributed by atoms with E-state index in [9.17, 15) is 18.0 Å². The van der Waals surface area contributed by atoms with Gasteiger partial charge < -0.3 is 14.3 Å². The second-order valence-corrected chi connectivity index (χ2v) is 11.3. The Morgan fingerprint density at radius 1 is 1.26 bits per heavy atom. The highest BCUT2D eigenvalue weighted by atomic mass is 32.2. The molecule has 0 saturated carbocycles. The first-order valence-electron chi connectivity index (χ1n) is 11.4. The van der Waals surface area contributed by atoms with Gasteiger partial charge in [-0.15, -0.1) is 0 Å². The van der Waals surface area contributed by atoms with Gasteiger partial charge in [0.25, 0.3) is 10.0 Å². The van der Waals surface area contributed by atoms with E-state index >= 15 is 0 Å². The van der Waals surface area contributed by atoms with Crippen LogP contribution in [0.4, 0.5) is 5.69 Å². The maximum Gasteiger partial charge on any atom is 0.310 e. The van der Waals surface area contributed by atoms with Gasteiger partial charge >= 0.3 is 5.97 Å². The molecule has 9 nitrogen and oxygen atoms in total. The Labute approximate surface area is 201 Å². The lowest BCUT2D eigenvalue weighted by Gasteiger charge is -2.35. The molecule has 0 bridgehead atoms. The first-order chi connectivity index (χ1) is 15.8. The van der Waals surface area contributed by atoms with Crippen molar-refractivity contribution in [2.75, 3.05) is 10.8 Å². The molecule has 0 N–H and O–H groups in total. The maximum absolute atomic E-state index is 13.8. The molecule has 34 heavy (non-hydrogen) atoms. The molecule has 0 saturated heterocycles. The van der Waals surface area contributed by atoms with Gasteiger partial charge in [-0.2, -0.15) is 5.10 Å². The van der Waals surface area contributed by atoms with Gasteiger partial charge in [-0.3, -0.25) is 13.8 Å². The van der Waals surface area contributed by atoms with Crippen LogP contribution in [0.2, 0.25) is 0 Å². The van der Waals surface area contributed by atoms with E-state index < -0.39 is 27.7 Å². The van der Waals surface area contributed by atoms with Crippen molar-refractivity contribution in [2.45, 2.75) is 84.0 Å². The molecule has 0 fully saturated rings. The Balaban J connectivity index is 2.00. The van der Waals surface area contributed by atoms with Gasteiger partial charge in [-0.05, 0) is 65.7 Å². The third-order valence-electron chi connectivity index (χ3n) is 5.34. The van der Waals surface area contributed by atoms with E-state index in [1.54, 1.807) is 50.6 Å². The Morgan fingerprint density at radius 3 is 2.56 bits per heavy atom. The number of aryl methyl sites for hydroxylation is 2. The number of hydrogen-bond acceptors (Lipinski definition) is 7. The molecule has 2 heterocycles. The molecule has 3 rings (SSSR count). The van der Waals surface area contributed by atoms with Gasteiger partial charge in [-0.25, -0.2) is 8.42 Å². The highest BCUT2D eigenvalue weighted by Gasteiger charge is 2.36. The molecule has 1 aliphatic heterocycles. The molecule has 1 aromatic carbocycles. The van der Waals surface area contributed by atoms with Gasteiger partial charge in [0.15, 0.2) is 0 Å². The molecule has 0 radical (unpaired) electrons. The zero-order valence-corrected chi connectivity index (χ0v) is 21.4. The summed E-state index contributed by atoms with van der Waals surface area (Å²) >= 11 is 0. The fraction of sp³-hybridized carbons (Fsp3) is 0.542. The summed E-state index contributed by atoms with van der Waals surface area (Å²) in [5.74, 6) is -0.00795. The topological polar surface area (TPSA) is 108 Å². The van der Waals surface area contributed by atoms with Crippen molar-refractivity contribution < 1.29 is 27.5 Å². The third-order valence-corrected chi connectivity index (χ3v) is 7.22. The Kier molecular flexibility index (Phi) is 7.40. The first-order valence-corrected chi connectivity index (χ1v) is 12.8. The molecule has 0 aliphatic carbocycles. The minimum atomic E-state index is -3.97. The minimum absolute atomic E-state index is 0.000994. The quantitative estimate of drug-likeness (QED) is 0.521. The van der Waals surface area contributed by atoms with E-state index in [1.807, 2.05) is 6.92 Å². The molecule has 0 amide bonds. The standard InChI is InChI=1S/C24H33N3O6S/c1-7-26-15-22(17(3)25-26)34(30,31)27-14-19(10-8-16(2)28)32-21-11-9-18(12-20(21)27)13-23(29)33-24(4,5)6/h9,11-12,15,19H,7-8,10,13-14H2,1-6H3/t19-/m0/s1. The number of carbonyl (C=O) groups is 2. The molecule has 0 unspecified atom stereocenters. The number of fused-ring (bicyclic) bond motifs is 1. The predicted octanol–water partition coefficient (Wildman–Crippen LogP) is 3.42. The predicted molar refractivity (Wildman–Crippen MR) is 127 cm³/mol. The van der Waals surface area contributed by atoms with E-state index in [-0.39, 0.29) is 30.1 Å². The molecular weight excluding hydrogens is 458 g/mol. The van der Waals surface area contributed by atoms with Gasteiger partial charge in [-0.1, -0.05) is 6.07 Å². The molecule has 2 aromatic rings. The van der Waals surface area contributed by atoms with Crippen LogP contribution in [0, 0.1) is 6.92 Å². The molecule has 0 spiro atoms. The average Bonchev–Trinajstić information content (AvgIpc) is 3.12. The van der Waals surface area contributed by atoms with E-state index in [4.69, 9.17) is 9.47 Å². The van der Waals surface area contributed by atoms with Crippen LogP contribution in [0.25, 0.3) is 0 Å². The highest BCUT2D eigenvalue weighted by molar-refractivity contribution is 7.92. The number of benzene rings is 1. The number of Topliss-reactive ketones (excluding diaryl/α,β-unsaturated/α-hetero) is 1. The Hall–Kier alpha value is -2.88. The number of anilines is 1. The lowest BCUT2D eigenvalue weighted by molar-refractivity contribution is -0.153. The number of ether oxygens (including phenoxy) is 2. The van der Waals surface area contributed by atoms with Crippen molar-refractivity contribution in [3.8, 4) is 5.75 Å². The lowest BCUT2D eigenvalue weighted by Crippen LogP contribution is -2.43. The zero-order chi connectivity index (χ0) is 25.3. The third kappa shape index (κ3) is 5.97. The number of rotatable bonds is 8. The number of carbonyl (C=O) groups excluding carboxylic acids is 2. The summed E-state index contributed by atoms with van der Waals surface area (Å²) in [7, 11) is -3.97. The fourth-order valence-corrected chi connectivity index (χ4v) is 5.46.